The molecule has 158 valence electrons. The first-order valence-corrected chi connectivity index (χ1v) is 13.2. The molecule has 0 aliphatic carbocycles. The Hall–Kier alpha value is -2.58. The van der Waals surface area contributed by atoms with Gasteiger partial charge in [0.25, 0.3) is 0 Å². The zero-order valence-electron chi connectivity index (χ0n) is 16.7. The average Bonchev–Trinajstić information content (AvgIpc) is 2.73. The molecule has 1 N–H and O–H groups in total. The van der Waals surface area contributed by atoms with Crippen LogP contribution < -0.4 is 9.03 Å². The summed E-state index contributed by atoms with van der Waals surface area (Å²) in [6.45, 7) is 2.02. The lowest BCUT2D eigenvalue weighted by Gasteiger charge is -2.30. The number of sulfonamides is 2. The Kier molecular flexibility index (Phi) is 5.46. The first kappa shape index (κ1) is 20.7. The molecule has 1 aliphatic rings. The number of rotatable bonds is 6. The largest absolute Gasteiger partial charge is 0.283 e. The van der Waals surface area contributed by atoms with Crippen LogP contribution in [0.25, 0.3) is 10.8 Å². The molecule has 0 atom stereocenters. The van der Waals surface area contributed by atoms with Crippen LogP contribution >= 0.6 is 0 Å². The standard InChI is InChI=1S/C22H24N2O4S2/c1-2-30(27,28)24-14-6-10-18-12-13-20(15-22(18)24)23-29(25,26)16-19-9-5-8-17-7-3-4-11-21(17)19/h3-5,7-9,11-13,15,23H,2,6,10,14,16H2,1H3. The lowest BCUT2D eigenvalue weighted by Crippen LogP contribution is -2.36. The third kappa shape index (κ3) is 4.15. The van der Waals surface area contributed by atoms with Crippen molar-refractivity contribution in [3.05, 3.63) is 71.8 Å². The molecule has 6 nitrogen and oxygen atoms in total. The van der Waals surface area contributed by atoms with Crippen LogP contribution in [-0.4, -0.2) is 29.1 Å². The van der Waals surface area contributed by atoms with Gasteiger partial charge in [-0.25, -0.2) is 16.8 Å². The zero-order chi connectivity index (χ0) is 21.4. The van der Waals surface area contributed by atoms with Crippen molar-refractivity contribution in [2.45, 2.75) is 25.5 Å². The van der Waals surface area contributed by atoms with E-state index in [1.54, 1.807) is 19.1 Å². The van der Waals surface area contributed by atoms with E-state index >= 15 is 0 Å². The van der Waals surface area contributed by atoms with Crippen LogP contribution in [0.3, 0.4) is 0 Å². The highest BCUT2D eigenvalue weighted by Crippen LogP contribution is 2.32. The SMILES string of the molecule is CCS(=O)(=O)N1CCCc2ccc(NS(=O)(=O)Cc3cccc4ccccc34)cc21. The summed E-state index contributed by atoms with van der Waals surface area (Å²) >= 11 is 0. The van der Waals surface area contributed by atoms with E-state index in [2.05, 4.69) is 4.72 Å². The maximum Gasteiger partial charge on any atom is 0.236 e. The number of aryl methyl sites for hydroxylation is 1. The summed E-state index contributed by atoms with van der Waals surface area (Å²) in [6, 6.07) is 18.4. The summed E-state index contributed by atoms with van der Waals surface area (Å²) in [4.78, 5) is 0. The fraction of sp³-hybridized carbons (Fsp3) is 0.273. The van der Waals surface area contributed by atoms with Crippen LogP contribution in [0, 0.1) is 0 Å². The van der Waals surface area contributed by atoms with Gasteiger partial charge in [0, 0.05) is 6.54 Å². The molecule has 0 fully saturated rings. The van der Waals surface area contributed by atoms with E-state index < -0.39 is 20.0 Å². The van der Waals surface area contributed by atoms with Gasteiger partial charge in [-0.15, -0.1) is 0 Å². The lowest BCUT2D eigenvalue weighted by atomic mass is 10.0. The molecule has 3 aromatic rings. The maximum atomic E-state index is 12.9. The first-order chi connectivity index (χ1) is 14.3. The molecule has 1 aliphatic heterocycles. The van der Waals surface area contributed by atoms with E-state index in [-0.39, 0.29) is 11.5 Å². The maximum absolute atomic E-state index is 12.9. The quantitative estimate of drug-likeness (QED) is 0.625. The smallest absolute Gasteiger partial charge is 0.236 e. The first-order valence-electron chi connectivity index (χ1n) is 9.89. The van der Waals surface area contributed by atoms with Crippen molar-refractivity contribution in [3.63, 3.8) is 0 Å². The molecule has 0 saturated carbocycles. The van der Waals surface area contributed by atoms with Crippen molar-refractivity contribution in [1.29, 1.82) is 0 Å². The molecular weight excluding hydrogens is 420 g/mol. The minimum atomic E-state index is -3.68. The highest BCUT2D eigenvalue weighted by molar-refractivity contribution is 7.92. The minimum absolute atomic E-state index is 0.00345. The normalized spacial score (nSPS) is 14.5. The third-order valence-corrected chi connectivity index (χ3v) is 8.38. The number of hydrogen-bond donors (Lipinski definition) is 1. The summed E-state index contributed by atoms with van der Waals surface area (Å²) in [7, 11) is -7.09. The van der Waals surface area contributed by atoms with E-state index in [4.69, 9.17) is 0 Å². The van der Waals surface area contributed by atoms with Gasteiger partial charge in [0.15, 0.2) is 0 Å². The van der Waals surface area contributed by atoms with Gasteiger partial charge in [0.05, 0.1) is 22.9 Å². The van der Waals surface area contributed by atoms with Gasteiger partial charge in [-0.2, -0.15) is 0 Å². The number of hydrogen-bond acceptors (Lipinski definition) is 4. The Morgan fingerprint density at radius 2 is 1.73 bits per heavy atom. The van der Waals surface area contributed by atoms with Gasteiger partial charge in [-0.3, -0.25) is 9.03 Å². The molecule has 1 heterocycles. The number of nitrogens with one attached hydrogen (secondary N) is 1. The van der Waals surface area contributed by atoms with E-state index in [9.17, 15) is 16.8 Å². The molecule has 0 spiro atoms. The van der Waals surface area contributed by atoms with E-state index in [0.29, 0.717) is 23.5 Å². The lowest BCUT2D eigenvalue weighted by molar-refractivity contribution is 0.587. The van der Waals surface area contributed by atoms with Crippen molar-refractivity contribution in [3.8, 4) is 0 Å². The fourth-order valence-electron chi connectivity index (χ4n) is 3.89. The Balaban J connectivity index is 1.63. The minimum Gasteiger partial charge on any atom is -0.283 e. The number of anilines is 2. The highest BCUT2D eigenvalue weighted by Gasteiger charge is 2.26. The zero-order valence-corrected chi connectivity index (χ0v) is 18.3. The Bertz CT molecular complexity index is 1300. The molecule has 0 saturated heterocycles. The van der Waals surface area contributed by atoms with Crippen molar-refractivity contribution < 1.29 is 16.8 Å². The second kappa shape index (κ2) is 7.92. The molecule has 0 amide bonds. The number of nitrogens with zero attached hydrogens (tertiary/aromatic N) is 1. The van der Waals surface area contributed by atoms with Gasteiger partial charge < -0.3 is 0 Å². The predicted molar refractivity (Wildman–Crippen MR) is 122 cm³/mol. The number of benzene rings is 3. The van der Waals surface area contributed by atoms with Crippen molar-refractivity contribution in [1.82, 2.24) is 0 Å². The van der Waals surface area contributed by atoms with Crippen molar-refractivity contribution >= 4 is 42.2 Å². The van der Waals surface area contributed by atoms with Crippen LogP contribution in [0.2, 0.25) is 0 Å². The van der Waals surface area contributed by atoms with E-state index in [1.165, 1.54) is 4.31 Å². The van der Waals surface area contributed by atoms with E-state index in [0.717, 1.165) is 29.2 Å². The summed E-state index contributed by atoms with van der Waals surface area (Å²) < 4.78 is 54.7. The molecular formula is C22H24N2O4S2. The van der Waals surface area contributed by atoms with Gasteiger partial charge in [0.2, 0.25) is 20.0 Å². The Labute approximate surface area is 177 Å². The van der Waals surface area contributed by atoms with Gasteiger partial charge in [0.1, 0.15) is 0 Å². The van der Waals surface area contributed by atoms with Crippen molar-refractivity contribution in [2.24, 2.45) is 0 Å². The molecule has 8 heteroatoms. The molecule has 4 rings (SSSR count). The van der Waals surface area contributed by atoms with E-state index in [1.807, 2.05) is 48.5 Å². The van der Waals surface area contributed by atoms with Gasteiger partial charge >= 0.3 is 0 Å². The summed E-state index contributed by atoms with van der Waals surface area (Å²) in [6.07, 6.45) is 1.52. The molecule has 0 unspecified atom stereocenters. The van der Waals surface area contributed by atoms with Crippen LogP contribution in [0.15, 0.2) is 60.7 Å². The van der Waals surface area contributed by atoms with Crippen LogP contribution in [0.5, 0.6) is 0 Å². The Morgan fingerprint density at radius 1 is 0.967 bits per heavy atom. The summed E-state index contributed by atoms with van der Waals surface area (Å²) in [5.74, 6) is -0.161. The van der Waals surface area contributed by atoms with Crippen LogP contribution in [0.4, 0.5) is 11.4 Å². The second-order valence-corrected chi connectivity index (χ2v) is 11.3. The second-order valence-electron chi connectivity index (χ2n) is 7.42. The molecule has 0 aromatic heterocycles. The topological polar surface area (TPSA) is 83.6 Å². The molecule has 0 bridgehead atoms. The number of fused-ring (bicyclic) bond motifs is 2. The van der Waals surface area contributed by atoms with Gasteiger partial charge in [-0.05, 0) is 53.8 Å². The van der Waals surface area contributed by atoms with Gasteiger partial charge in [-0.1, -0.05) is 48.5 Å². The average molecular weight is 445 g/mol. The van der Waals surface area contributed by atoms with Crippen molar-refractivity contribution in [2.75, 3.05) is 21.3 Å². The molecule has 30 heavy (non-hydrogen) atoms. The molecule has 3 aromatic carbocycles. The fourth-order valence-corrected chi connectivity index (χ4v) is 6.30. The Morgan fingerprint density at radius 3 is 2.53 bits per heavy atom. The molecule has 0 radical (unpaired) electrons. The highest BCUT2D eigenvalue weighted by atomic mass is 32.2. The van der Waals surface area contributed by atoms with Crippen LogP contribution in [0.1, 0.15) is 24.5 Å². The van der Waals surface area contributed by atoms with Crippen LogP contribution in [-0.2, 0) is 32.2 Å². The summed E-state index contributed by atoms with van der Waals surface area (Å²) in [5.41, 5.74) is 2.56. The predicted octanol–water partition coefficient (Wildman–Crippen LogP) is 3.88. The third-order valence-electron chi connectivity index (χ3n) is 5.36. The monoisotopic (exact) mass is 444 g/mol. The summed E-state index contributed by atoms with van der Waals surface area (Å²) in [5, 5.41) is 1.88.